The fourth-order valence-electron chi connectivity index (χ4n) is 2.92. The van der Waals surface area contributed by atoms with Crippen LogP contribution in [0.4, 0.5) is 0 Å². The molecule has 2 N–H and O–H groups in total. The molecule has 0 radical (unpaired) electrons. The molecule has 164 valence electrons. The molecule has 1 rings (SSSR count). The molecule has 0 amide bonds. The average Bonchev–Trinajstić information content (AvgIpc) is 2.93. The molecule has 0 bridgehead atoms. The molecule has 0 aliphatic rings. The summed E-state index contributed by atoms with van der Waals surface area (Å²) in [6.07, 6.45) is 4.35. The maximum atomic E-state index is 4.70. The van der Waals surface area contributed by atoms with Crippen LogP contribution in [0, 0.1) is 6.92 Å². The smallest absolute Gasteiger partial charge is 0.191 e. The van der Waals surface area contributed by atoms with Crippen LogP contribution in [0.15, 0.2) is 4.99 Å². The molecule has 1 aromatic rings. The summed E-state index contributed by atoms with van der Waals surface area (Å²) >= 11 is 1.87. The number of halogens is 1. The van der Waals surface area contributed by atoms with Crippen LogP contribution in [0.1, 0.15) is 52.2 Å². The minimum Gasteiger partial charge on any atom is -0.356 e. The van der Waals surface area contributed by atoms with E-state index in [0.717, 1.165) is 55.8 Å². The van der Waals surface area contributed by atoms with Crippen molar-refractivity contribution in [2.45, 2.75) is 66.1 Å². The van der Waals surface area contributed by atoms with Crippen LogP contribution in [0.2, 0.25) is 0 Å². The zero-order chi connectivity index (χ0) is 20.2. The van der Waals surface area contributed by atoms with Crippen molar-refractivity contribution in [1.82, 2.24) is 30.3 Å². The molecule has 0 saturated carbocycles. The monoisotopic (exact) mass is 525 g/mol. The lowest BCUT2D eigenvalue weighted by Gasteiger charge is -2.30. The summed E-state index contributed by atoms with van der Waals surface area (Å²) in [5.41, 5.74) is 0. The third kappa shape index (κ3) is 10.3. The maximum Gasteiger partial charge on any atom is 0.191 e. The zero-order valence-corrected chi connectivity index (χ0v) is 21.8. The van der Waals surface area contributed by atoms with Crippen LogP contribution in [0.3, 0.4) is 0 Å². The Hall–Kier alpha value is -0.550. The minimum atomic E-state index is 0. The molecular weight excluding hydrogens is 485 g/mol. The van der Waals surface area contributed by atoms with Gasteiger partial charge in [-0.3, -0.25) is 4.90 Å². The highest BCUT2D eigenvalue weighted by molar-refractivity contribution is 14.0. The van der Waals surface area contributed by atoms with Crippen molar-refractivity contribution in [1.29, 1.82) is 0 Å². The fraction of sp³-hybridized carbons (Fsp3) is 0.842. The molecular formula is C19H40IN7S. The number of aromatic nitrogens is 3. The highest BCUT2D eigenvalue weighted by atomic mass is 127. The van der Waals surface area contributed by atoms with E-state index in [9.17, 15) is 0 Å². The summed E-state index contributed by atoms with van der Waals surface area (Å²) in [5, 5.41) is 15.2. The first kappa shape index (κ1) is 27.5. The first-order chi connectivity index (χ1) is 12.9. The number of nitrogens with one attached hydrogen (secondary N) is 2. The normalized spacial score (nSPS) is 12.0. The molecule has 1 heterocycles. The number of thioether (sulfide) groups is 1. The second kappa shape index (κ2) is 15.3. The van der Waals surface area contributed by atoms with Crippen molar-refractivity contribution in [3.8, 4) is 0 Å². The largest absolute Gasteiger partial charge is 0.356 e. The van der Waals surface area contributed by atoms with Gasteiger partial charge in [0.1, 0.15) is 12.4 Å². The van der Waals surface area contributed by atoms with E-state index in [4.69, 9.17) is 4.99 Å². The van der Waals surface area contributed by atoms with Gasteiger partial charge in [-0.1, -0.05) is 0 Å². The standard InChI is InChI=1S/C19H39N7S.HI/c1-15(2)26(16(3)4)12-8-10-20-19(21-11-9-13-27-7)22-14-18-24-23-17(5)25(18)6;/h15-16H,8-14H2,1-7H3,(H2,20,21,22);1H. The summed E-state index contributed by atoms with van der Waals surface area (Å²) in [5.74, 6) is 3.80. The number of aryl methyl sites for hydroxylation is 1. The summed E-state index contributed by atoms with van der Waals surface area (Å²) in [6.45, 7) is 14.4. The molecule has 0 atom stereocenters. The number of rotatable bonds is 12. The first-order valence-corrected chi connectivity index (χ1v) is 11.4. The second-order valence-corrected chi connectivity index (χ2v) is 8.35. The van der Waals surface area contributed by atoms with Crippen molar-refractivity contribution in [2.75, 3.05) is 31.6 Å². The minimum absolute atomic E-state index is 0. The van der Waals surface area contributed by atoms with Crippen LogP contribution in [-0.2, 0) is 13.6 Å². The number of aliphatic imine (C=N–C) groups is 1. The first-order valence-electron chi connectivity index (χ1n) is 9.98. The van der Waals surface area contributed by atoms with Crippen molar-refractivity contribution < 1.29 is 0 Å². The third-order valence-electron chi connectivity index (χ3n) is 4.59. The topological polar surface area (TPSA) is 70.4 Å². The molecule has 0 fully saturated rings. The summed E-state index contributed by atoms with van der Waals surface area (Å²) in [4.78, 5) is 7.22. The van der Waals surface area contributed by atoms with Crippen LogP contribution >= 0.6 is 35.7 Å². The predicted octanol–water partition coefficient (Wildman–Crippen LogP) is 3.04. The molecule has 9 heteroatoms. The van der Waals surface area contributed by atoms with Crippen LogP contribution < -0.4 is 10.6 Å². The Labute approximate surface area is 192 Å². The Morgan fingerprint density at radius 3 is 2.21 bits per heavy atom. The Morgan fingerprint density at radius 1 is 1.11 bits per heavy atom. The van der Waals surface area contributed by atoms with Gasteiger partial charge in [-0.2, -0.15) is 11.8 Å². The molecule has 0 aliphatic heterocycles. The second-order valence-electron chi connectivity index (χ2n) is 7.37. The maximum absolute atomic E-state index is 4.70. The van der Waals surface area contributed by atoms with Crippen molar-refractivity contribution in [3.63, 3.8) is 0 Å². The number of guanidine groups is 1. The van der Waals surface area contributed by atoms with Gasteiger partial charge in [0, 0.05) is 38.8 Å². The average molecular weight is 526 g/mol. The number of hydrogen-bond donors (Lipinski definition) is 2. The lowest BCUT2D eigenvalue weighted by Crippen LogP contribution is -2.41. The van der Waals surface area contributed by atoms with E-state index in [0.29, 0.717) is 18.6 Å². The fourth-order valence-corrected chi connectivity index (χ4v) is 3.35. The Balaban J connectivity index is 0.00000729. The van der Waals surface area contributed by atoms with Crippen molar-refractivity contribution in [3.05, 3.63) is 11.6 Å². The van der Waals surface area contributed by atoms with Gasteiger partial charge in [-0.05, 0) is 59.5 Å². The van der Waals surface area contributed by atoms with E-state index in [1.807, 2.05) is 30.3 Å². The van der Waals surface area contributed by atoms with Crippen LogP contribution in [0.25, 0.3) is 0 Å². The Kier molecular flexibility index (Phi) is 15.0. The Bertz CT molecular complexity index is 552. The van der Waals surface area contributed by atoms with E-state index in [1.165, 1.54) is 0 Å². The van der Waals surface area contributed by atoms with E-state index >= 15 is 0 Å². The summed E-state index contributed by atoms with van der Waals surface area (Å²) < 4.78 is 1.98. The summed E-state index contributed by atoms with van der Waals surface area (Å²) in [7, 11) is 1.98. The molecule has 28 heavy (non-hydrogen) atoms. The molecule has 0 unspecified atom stereocenters. The highest BCUT2D eigenvalue weighted by Gasteiger charge is 2.12. The molecule has 0 spiro atoms. The van der Waals surface area contributed by atoms with Gasteiger partial charge >= 0.3 is 0 Å². The van der Waals surface area contributed by atoms with Crippen molar-refractivity contribution >= 4 is 41.7 Å². The van der Waals surface area contributed by atoms with Crippen molar-refractivity contribution in [2.24, 2.45) is 12.0 Å². The van der Waals surface area contributed by atoms with E-state index in [2.05, 4.69) is 59.7 Å². The highest BCUT2D eigenvalue weighted by Crippen LogP contribution is 2.05. The Morgan fingerprint density at radius 2 is 1.71 bits per heavy atom. The third-order valence-corrected chi connectivity index (χ3v) is 5.29. The van der Waals surface area contributed by atoms with Gasteiger partial charge in [0.05, 0.1) is 0 Å². The van der Waals surface area contributed by atoms with Crippen LogP contribution in [-0.4, -0.2) is 69.4 Å². The molecule has 0 aromatic carbocycles. The quantitative estimate of drug-likeness (QED) is 0.189. The zero-order valence-electron chi connectivity index (χ0n) is 18.7. The number of nitrogens with zero attached hydrogens (tertiary/aromatic N) is 5. The van der Waals surface area contributed by atoms with Gasteiger partial charge in [0.15, 0.2) is 11.8 Å². The van der Waals surface area contributed by atoms with E-state index < -0.39 is 0 Å². The van der Waals surface area contributed by atoms with Crippen LogP contribution in [0.5, 0.6) is 0 Å². The van der Waals surface area contributed by atoms with Gasteiger partial charge in [-0.25, -0.2) is 4.99 Å². The molecule has 7 nitrogen and oxygen atoms in total. The number of hydrogen-bond acceptors (Lipinski definition) is 5. The molecule has 0 saturated heterocycles. The van der Waals surface area contributed by atoms with Gasteiger partial charge in [-0.15, -0.1) is 34.2 Å². The predicted molar refractivity (Wildman–Crippen MR) is 133 cm³/mol. The SMILES string of the molecule is CSCCCNC(=NCc1nnc(C)n1C)NCCCN(C(C)C)C(C)C.I. The van der Waals surface area contributed by atoms with Gasteiger partial charge in [0.2, 0.25) is 0 Å². The summed E-state index contributed by atoms with van der Waals surface area (Å²) in [6, 6.07) is 1.14. The molecule has 0 aliphatic carbocycles. The lowest BCUT2D eigenvalue weighted by molar-refractivity contribution is 0.173. The molecule has 1 aromatic heterocycles. The van der Waals surface area contributed by atoms with E-state index in [1.54, 1.807) is 0 Å². The van der Waals surface area contributed by atoms with Gasteiger partial charge in [0.25, 0.3) is 0 Å². The van der Waals surface area contributed by atoms with E-state index in [-0.39, 0.29) is 24.0 Å². The lowest BCUT2D eigenvalue weighted by atomic mass is 10.2. The van der Waals surface area contributed by atoms with Gasteiger partial charge < -0.3 is 15.2 Å².